The molecular formula is C14H24N4. The quantitative estimate of drug-likeness (QED) is 0.840. The average Bonchev–Trinajstić information content (AvgIpc) is 2.75. The highest BCUT2D eigenvalue weighted by Crippen LogP contribution is 2.43. The topological polar surface area (TPSA) is 63.8 Å². The second-order valence-electron chi connectivity index (χ2n) is 5.96. The summed E-state index contributed by atoms with van der Waals surface area (Å²) in [7, 11) is 0. The maximum absolute atomic E-state index is 5.66. The third-order valence-corrected chi connectivity index (χ3v) is 3.80. The molecule has 4 nitrogen and oxygen atoms in total. The van der Waals surface area contributed by atoms with Gasteiger partial charge < -0.3 is 11.1 Å². The molecule has 0 amide bonds. The molecule has 4 heteroatoms. The Kier molecular flexibility index (Phi) is 4.04. The van der Waals surface area contributed by atoms with Gasteiger partial charge in [0.05, 0.1) is 0 Å². The van der Waals surface area contributed by atoms with Crippen LogP contribution in [0.5, 0.6) is 0 Å². The highest BCUT2D eigenvalue weighted by molar-refractivity contribution is 5.35. The lowest BCUT2D eigenvalue weighted by Crippen LogP contribution is -2.29. The second kappa shape index (κ2) is 5.55. The number of anilines is 2. The molecule has 1 aromatic rings. The minimum atomic E-state index is 0.433. The van der Waals surface area contributed by atoms with Crippen LogP contribution in [0.3, 0.4) is 0 Å². The molecule has 0 bridgehead atoms. The summed E-state index contributed by atoms with van der Waals surface area (Å²) < 4.78 is 0. The van der Waals surface area contributed by atoms with Gasteiger partial charge in [0.2, 0.25) is 5.95 Å². The zero-order chi connectivity index (χ0) is 13.0. The lowest BCUT2D eigenvalue weighted by Gasteiger charge is -2.31. The van der Waals surface area contributed by atoms with Crippen molar-refractivity contribution in [2.75, 3.05) is 17.6 Å². The van der Waals surface area contributed by atoms with E-state index in [1.165, 1.54) is 32.1 Å². The van der Waals surface area contributed by atoms with Crippen molar-refractivity contribution in [3.8, 4) is 0 Å². The number of nitrogens with one attached hydrogen (secondary N) is 1. The standard InChI is InChI=1S/C14H24N4/c1-11(2)9-14(6-3-4-7-14)10-17-13-16-8-5-12(15)18-13/h5,8,11H,3-4,6-7,9-10H2,1-2H3,(H3,15,16,17,18). The van der Waals surface area contributed by atoms with E-state index in [2.05, 4.69) is 29.1 Å². The molecule has 2 rings (SSSR count). The first-order chi connectivity index (χ1) is 8.60. The maximum Gasteiger partial charge on any atom is 0.224 e. The predicted octanol–water partition coefficient (Wildman–Crippen LogP) is 3.08. The highest BCUT2D eigenvalue weighted by atomic mass is 15.1. The van der Waals surface area contributed by atoms with Gasteiger partial charge in [-0.1, -0.05) is 26.7 Å². The fourth-order valence-corrected chi connectivity index (χ4v) is 3.17. The van der Waals surface area contributed by atoms with Crippen molar-refractivity contribution in [2.45, 2.75) is 46.0 Å². The zero-order valence-electron chi connectivity index (χ0n) is 11.4. The minimum absolute atomic E-state index is 0.433. The molecule has 100 valence electrons. The third-order valence-electron chi connectivity index (χ3n) is 3.80. The number of nitrogen functional groups attached to an aromatic ring is 1. The zero-order valence-corrected chi connectivity index (χ0v) is 11.4. The van der Waals surface area contributed by atoms with E-state index >= 15 is 0 Å². The van der Waals surface area contributed by atoms with Crippen LogP contribution < -0.4 is 11.1 Å². The second-order valence-corrected chi connectivity index (χ2v) is 5.96. The first-order valence-corrected chi connectivity index (χ1v) is 6.92. The summed E-state index contributed by atoms with van der Waals surface area (Å²) in [6.45, 7) is 5.57. The smallest absolute Gasteiger partial charge is 0.224 e. The minimum Gasteiger partial charge on any atom is -0.384 e. The van der Waals surface area contributed by atoms with Crippen LogP contribution in [-0.2, 0) is 0 Å². The van der Waals surface area contributed by atoms with Gasteiger partial charge >= 0.3 is 0 Å². The fraction of sp³-hybridized carbons (Fsp3) is 0.714. The van der Waals surface area contributed by atoms with Crippen LogP contribution in [0.25, 0.3) is 0 Å². The Labute approximate surface area is 109 Å². The van der Waals surface area contributed by atoms with Crippen molar-refractivity contribution in [1.82, 2.24) is 9.97 Å². The number of nitrogens with two attached hydrogens (primary N) is 1. The van der Waals surface area contributed by atoms with Gasteiger partial charge in [-0.15, -0.1) is 0 Å². The Morgan fingerprint density at radius 1 is 1.39 bits per heavy atom. The van der Waals surface area contributed by atoms with Gasteiger partial charge in [0.15, 0.2) is 0 Å². The van der Waals surface area contributed by atoms with E-state index in [4.69, 9.17) is 5.73 Å². The third kappa shape index (κ3) is 3.34. The molecule has 0 aromatic carbocycles. The number of nitrogens with zero attached hydrogens (tertiary/aromatic N) is 2. The lowest BCUT2D eigenvalue weighted by molar-refractivity contribution is 0.252. The molecule has 3 N–H and O–H groups in total. The molecule has 1 aliphatic carbocycles. The molecule has 1 aliphatic rings. The Morgan fingerprint density at radius 2 is 2.11 bits per heavy atom. The number of hydrogen-bond donors (Lipinski definition) is 2. The largest absolute Gasteiger partial charge is 0.384 e. The van der Waals surface area contributed by atoms with Crippen LogP contribution in [0.1, 0.15) is 46.0 Å². The lowest BCUT2D eigenvalue weighted by atomic mass is 9.78. The Morgan fingerprint density at radius 3 is 2.72 bits per heavy atom. The van der Waals surface area contributed by atoms with Gasteiger partial charge in [-0.3, -0.25) is 0 Å². The number of rotatable bonds is 5. The summed E-state index contributed by atoms with van der Waals surface area (Å²) in [5.41, 5.74) is 6.10. The molecule has 1 aromatic heterocycles. The first kappa shape index (κ1) is 13.1. The van der Waals surface area contributed by atoms with Crippen LogP contribution in [0.2, 0.25) is 0 Å². The summed E-state index contributed by atoms with van der Waals surface area (Å²) in [6, 6.07) is 1.71. The van der Waals surface area contributed by atoms with Gasteiger partial charge in [-0.2, -0.15) is 4.98 Å². The highest BCUT2D eigenvalue weighted by Gasteiger charge is 2.34. The van der Waals surface area contributed by atoms with E-state index in [0.29, 0.717) is 17.2 Å². The summed E-state index contributed by atoms with van der Waals surface area (Å²) >= 11 is 0. The normalized spacial score (nSPS) is 18.2. The molecule has 0 atom stereocenters. The van der Waals surface area contributed by atoms with Crippen molar-refractivity contribution < 1.29 is 0 Å². The Bertz CT molecular complexity index is 383. The fourth-order valence-electron chi connectivity index (χ4n) is 3.17. The van der Waals surface area contributed by atoms with Crippen molar-refractivity contribution in [1.29, 1.82) is 0 Å². The van der Waals surface area contributed by atoms with E-state index in [-0.39, 0.29) is 0 Å². The molecule has 1 saturated carbocycles. The molecule has 1 fully saturated rings. The van der Waals surface area contributed by atoms with Crippen molar-refractivity contribution in [2.24, 2.45) is 11.3 Å². The van der Waals surface area contributed by atoms with Crippen LogP contribution in [0.15, 0.2) is 12.3 Å². The van der Waals surface area contributed by atoms with E-state index in [1.807, 2.05) is 0 Å². The average molecular weight is 248 g/mol. The molecule has 0 unspecified atom stereocenters. The predicted molar refractivity (Wildman–Crippen MR) is 75.3 cm³/mol. The molecule has 0 radical (unpaired) electrons. The summed E-state index contributed by atoms with van der Waals surface area (Å²) in [5.74, 6) is 1.92. The summed E-state index contributed by atoms with van der Waals surface area (Å²) in [6.07, 6.45) is 8.33. The van der Waals surface area contributed by atoms with E-state index < -0.39 is 0 Å². The summed E-state index contributed by atoms with van der Waals surface area (Å²) in [4.78, 5) is 8.41. The Balaban J connectivity index is 1.97. The maximum atomic E-state index is 5.66. The first-order valence-electron chi connectivity index (χ1n) is 6.92. The Hall–Kier alpha value is -1.32. The van der Waals surface area contributed by atoms with Crippen molar-refractivity contribution in [3.63, 3.8) is 0 Å². The van der Waals surface area contributed by atoms with Crippen LogP contribution in [0.4, 0.5) is 11.8 Å². The van der Waals surface area contributed by atoms with Gasteiger partial charge in [-0.05, 0) is 36.7 Å². The van der Waals surface area contributed by atoms with Gasteiger partial charge in [0.25, 0.3) is 0 Å². The van der Waals surface area contributed by atoms with Gasteiger partial charge in [0.1, 0.15) is 5.82 Å². The monoisotopic (exact) mass is 248 g/mol. The van der Waals surface area contributed by atoms with Crippen molar-refractivity contribution in [3.05, 3.63) is 12.3 Å². The van der Waals surface area contributed by atoms with Crippen LogP contribution >= 0.6 is 0 Å². The van der Waals surface area contributed by atoms with E-state index in [1.54, 1.807) is 12.3 Å². The molecule has 0 aliphatic heterocycles. The molecule has 0 spiro atoms. The number of hydrogen-bond acceptors (Lipinski definition) is 4. The number of aromatic nitrogens is 2. The van der Waals surface area contributed by atoms with Gasteiger partial charge in [-0.25, -0.2) is 4.98 Å². The van der Waals surface area contributed by atoms with E-state index in [0.717, 1.165) is 12.5 Å². The van der Waals surface area contributed by atoms with Crippen molar-refractivity contribution >= 4 is 11.8 Å². The molecule has 18 heavy (non-hydrogen) atoms. The van der Waals surface area contributed by atoms with Crippen LogP contribution in [-0.4, -0.2) is 16.5 Å². The van der Waals surface area contributed by atoms with Gasteiger partial charge in [0, 0.05) is 12.7 Å². The SMILES string of the molecule is CC(C)CC1(CNc2nccc(N)n2)CCCC1. The molecule has 1 heterocycles. The van der Waals surface area contributed by atoms with Crippen LogP contribution in [0, 0.1) is 11.3 Å². The van der Waals surface area contributed by atoms with E-state index in [9.17, 15) is 0 Å². The summed E-state index contributed by atoms with van der Waals surface area (Å²) in [5, 5.41) is 3.37. The molecule has 0 saturated heterocycles. The molecular weight excluding hydrogens is 224 g/mol.